The number of hydrogen-bond acceptors (Lipinski definition) is 6. The van der Waals surface area contributed by atoms with E-state index in [2.05, 4.69) is 22.9 Å². The molecule has 3 atom stereocenters. The monoisotopic (exact) mass is 692 g/mol. The van der Waals surface area contributed by atoms with Crippen LogP contribution in [0.1, 0.15) is 161 Å². The van der Waals surface area contributed by atoms with Gasteiger partial charge in [0.05, 0.1) is 0 Å². The van der Waals surface area contributed by atoms with Crippen LogP contribution in [0.3, 0.4) is 0 Å². The molecule has 0 spiro atoms. The van der Waals surface area contributed by atoms with Gasteiger partial charge in [-0.3, -0.25) is 19.2 Å². The van der Waals surface area contributed by atoms with Crippen molar-refractivity contribution in [3.05, 3.63) is 6.92 Å². The third kappa shape index (κ3) is 45.9. The van der Waals surface area contributed by atoms with Gasteiger partial charge in [-0.1, -0.05) is 110 Å². The summed E-state index contributed by atoms with van der Waals surface area (Å²) < 4.78 is 0. The molecule has 9 heteroatoms. The van der Waals surface area contributed by atoms with Gasteiger partial charge < -0.3 is 27.7 Å². The van der Waals surface area contributed by atoms with Gasteiger partial charge in [0.15, 0.2) is 0 Å². The molecular formula is C33H84N3O5Y-. The van der Waals surface area contributed by atoms with E-state index in [9.17, 15) is 24.0 Å². The summed E-state index contributed by atoms with van der Waals surface area (Å²) in [5, 5.41) is 8.49. The van der Waals surface area contributed by atoms with Crippen molar-refractivity contribution >= 4 is 29.2 Å². The minimum Gasteiger partial charge on any atom is -0.353 e. The summed E-state index contributed by atoms with van der Waals surface area (Å²) in [6, 6.07) is -1.26. The maximum Gasteiger partial charge on any atom is 0.222 e. The van der Waals surface area contributed by atoms with Gasteiger partial charge >= 0.3 is 0 Å². The minimum atomic E-state index is -0.637. The van der Waals surface area contributed by atoms with E-state index in [0.717, 1.165) is 6.42 Å². The number of carbonyl (C=O) groups excluding carboxylic acids is 5. The Morgan fingerprint density at radius 1 is 0.524 bits per heavy atom. The summed E-state index contributed by atoms with van der Waals surface area (Å²) in [4.78, 5) is 59.7. The third-order valence-electron chi connectivity index (χ3n) is 4.71. The van der Waals surface area contributed by atoms with Crippen molar-refractivity contribution in [1.82, 2.24) is 16.0 Å². The molecule has 0 aliphatic carbocycles. The van der Waals surface area contributed by atoms with Crippen LogP contribution >= 0.6 is 0 Å². The molecule has 265 valence electrons. The average molecular weight is 692 g/mol. The molecule has 0 heterocycles. The fourth-order valence-corrected chi connectivity index (χ4v) is 2.93. The van der Waals surface area contributed by atoms with Crippen LogP contribution in [0.5, 0.6) is 0 Å². The molecule has 0 bridgehead atoms. The van der Waals surface area contributed by atoms with Crippen LogP contribution in [0.4, 0.5) is 0 Å². The summed E-state index contributed by atoms with van der Waals surface area (Å²) in [6.45, 7) is 8.70. The molecule has 0 saturated heterocycles. The molecule has 0 aromatic heterocycles. The fourth-order valence-electron chi connectivity index (χ4n) is 2.93. The van der Waals surface area contributed by atoms with Gasteiger partial charge in [0.2, 0.25) is 11.8 Å². The Bertz CT molecular complexity index is 584. The van der Waals surface area contributed by atoms with E-state index in [-0.39, 0.29) is 183 Å². The second kappa shape index (κ2) is 52.5. The van der Waals surface area contributed by atoms with Crippen molar-refractivity contribution in [3.8, 4) is 0 Å². The molecule has 3 N–H and O–H groups in total. The molecule has 0 aromatic carbocycles. The summed E-state index contributed by atoms with van der Waals surface area (Å²) in [5.74, 6) is -1.16. The Kier molecular flexibility index (Phi) is 113. The Morgan fingerprint density at radius 3 is 1.05 bits per heavy atom. The van der Waals surface area contributed by atoms with E-state index < -0.39 is 18.0 Å². The van der Waals surface area contributed by atoms with Crippen LogP contribution in [0.25, 0.3) is 0 Å². The van der Waals surface area contributed by atoms with Crippen molar-refractivity contribution in [2.24, 2.45) is 0 Å². The zero-order chi connectivity index (χ0) is 22.4. The number of rotatable bonds is 16. The largest absolute Gasteiger partial charge is 0.353 e. The first kappa shape index (κ1) is 90.0. The number of ketones is 3. The van der Waals surface area contributed by atoms with E-state index in [1.165, 1.54) is 0 Å². The third-order valence-corrected chi connectivity index (χ3v) is 4.71. The van der Waals surface area contributed by atoms with E-state index >= 15 is 0 Å². The zero-order valence-corrected chi connectivity index (χ0v) is 21.6. The summed E-state index contributed by atoms with van der Waals surface area (Å²) >= 11 is 0. The molecule has 3 unspecified atom stereocenters. The Labute approximate surface area is 293 Å². The molecule has 0 fully saturated rings. The van der Waals surface area contributed by atoms with Crippen LogP contribution in [0.15, 0.2) is 0 Å². The second-order valence-electron chi connectivity index (χ2n) is 7.27. The predicted molar refractivity (Wildman–Crippen MR) is 192 cm³/mol. The van der Waals surface area contributed by atoms with E-state index in [1.807, 2.05) is 6.92 Å². The van der Waals surface area contributed by atoms with Gasteiger partial charge in [0.25, 0.3) is 0 Å². The van der Waals surface area contributed by atoms with Crippen molar-refractivity contribution in [2.45, 2.75) is 179 Å². The first-order chi connectivity index (χ1) is 13.6. The number of Topliss-reactive ketones (excluding diaryl/α,β-unsaturated/α-hetero) is 3. The minimum absolute atomic E-state index is 0. The molecule has 0 saturated carbocycles. The predicted octanol–water partition coefficient (Wildman–Crippen LogP) is 8.90. The molecule has 42 heavy (non-hydrogen) atoms. The first-order valence-corrected chi connectivity index (χ1v) is 10.3. The number of hydrogen-bond donors (Lipinski definition) is 3. The smallest absolute Gasteiger partial charge is 0.222 e. The second-order valence-corrected chi connectivity index (χ2v) is 7.27. The van der Waals surface area contributed by atoms with Gasteiger partial charge in [0, 0.05) is 89.4 Å². The van der Waals surface area contributed by atoms with Gasteiger partial charge in [-0.2, -0.15) is 0 Å². The maximum absolute atomic E-state index is 12.5. The standard InChI is InChI=1S/C21H36N3O5.12CH4.Y/c1-6-15(22-5)12-20(28)24-17(11-19(27)8-3)13-21(29)23-16(9-14(4)25)10-18(26)7-2;;;;;;;;;;;;;/h15-17,22H,4,6-13H2,1-3,5H3,(H,23,29)(H,24,28);12*1H4;/q-1;;;;;;;;;;;;;. The first-order valence-electron chi connectivity index (χ1n) is 10.3. The number of nitrogens with one attached hydrogen (secondary N) is 3. The molecule has 8 nitrogen and oxygen atoms in total. The Hall–Kier alpha value is -1.12. The zero-order valence-electron chi connectivity index (χ0n) is 18.7. The average Bonchev–Trinajstić information content (AvgIpc) is 2.64. The van der Waals surface area contributed by atoms with Crippen molar-refractivity contribution in [1.29, 1.82) is 0 Å². The maximum atomic E-state index is 12.5. The molecule has 0 rings (SSSR count). The van der Waals surface area contributed by atoms with Crippen LogP contribution in [-0.2, 0) is 56.7 Å². The molecule has 1 radical (unpaired) electrons. The topological polar surface area (TPSA) is 121 Å². The number of amides is 2. The molecule has 0 aliphatic heterocycles. The molecule has 2 amide bonds. The van der Waals surface area contributed by atoms with Gasteiger partial charge in [-0.05, 0) is 25.7 Å². The quantitative estimate of drug-likeness (QED) is 0.139. The Balaban J connectivity index is -0.0000000503. The van der Waals surface area contributed by atoms with Crippen LogP contribution < -0.4 is 16.0 Å². The van der Waals surface area contributed by atoms with Gasteiger partial charge in [0.1, 0.15) is 11.6 Å². The van der Waals surface area contributed by atoms with Crippen LogP contribution in [0, 0.1) is 6.92 Å². The van der Waals surface area contributed by atoms with Crippen LogP contribution in [0.2, 0.25) is 0 Å². The van der Waals surface area contributed by atoms with E-state index in [4.69, 9.17) is 0 Å². The van der Waals surface area contributed by atoms with Gasteiger partial charge in [-0.15, -0.1) is 0 Å². The summed E-state index contributed by atoms with van der Waals surface area (Å²) in [6.07, 6.45) is 1.60. The van der Waals surface area contributed by atoms with Crippen LogP contribution in [-0.4, -0.2) is 54.3 Å². The molecule has 0 aromatic rings. The van der Waals surface area contributed by atoms with E-state index in [0.29, 0.717) is 12.8 Å². The fraction of sp³-hybridized carbons (Fsp3) is 0.818. The molecular weight excluding hydrogens is 607 g/mol. The molecule has 0 aliphatic rings. The summed E-state index contributed by atoms with van der Waals surface area (Å²) in [5.41, 5.74) is 0. The summed E-state index contributed by atoms with van der Waals surface area (Å²) in [7, 11) is 1.77. The van der Waals surface area contributed by atoms with Crippen molar-refractivity contribution in [2.75, 3.05) is 7.05 Å². The number of carbonyl (C=O) groups is 5. The van der Waals surface area contributed by atoms with Crippen molar-refractivity contribution < 1.29 is 56.7 Å². The van der Waals surface area contributed by atoms with E-state index in [1.54, 1.807) is 20.9 Å². The normalized spacial score (nSPS) is 9.52. The SMILES string of the molecule is C.C.C.C.C.C.C.C.C.C.C.C.[CH2-]C(=O)CC(CC(=O)CC)NC(=O)CC(CC(=O)CC)NC(=O)CC(CC)NC.[Y]. The Morgan fingerprint density at radius 2 is 0.810 bits per heavy atom. The van der Waals surface area contributed by atoms with Gasteiger partial charge in [-0.25, -0.2) is 0 Å². The van der Waals surface area contributed by atoms with Crippen molar-refractivity contribution in [3.63, 3.8) is 0 Å².